The van der Waals surface area contributed by atoms with Crippen molar-refractivity contribution in [1.82, 2.24) is 9.97 Å². The predicted octanol–water partition coefficient (Wildman–Crippen LogP) is 1.21. The SMILES string of the molecule is O=C(Nc1ncccn1)c1ccc(C#CCO)c(F)c1. The number of carbonyl (C=O) groups excluding carboxylic acids is 1. The number of hydrogen-bond donors (Lipinski definition) is 2. The Balaban J connectivity index is 2.17. The van der Waals surface area contributed by atoms with Gasteiger partial charge >= 0.3 is 0 Å². The summed E-state index contributed by atoms with van der Waals surface area (Å²) in [6, 6.07) is 5.49. The lowest BCUT2D eigenvalue weighted by molar-refractivity contribution is 0.102. The van der Waals surface area contributed by atoms with E-state index in [0.717, 1.165) is 6.07 Å². The third kappa shape index (κ3) is 3.37. The fourth-order valence-electron chi connectivity index (χ4n) is 1.43. The van der Waals surface area contributed by atoms with Crippen molar-refractivity contribution in [2.45, 2.75) is 0 Å². The minimum atomic E-state index is -0.632. The number of halogens is 1. The molecule has 6 heteroatoms. The molecule has 1 heterocycles. The summed E-state index contributed by atoms with van der Waals surface area (Å²) in [6.07, 6.45) is 2.97. The van der Waals surface area contributed by atoms with Crippen LogP contribution in [0, 0.1) is 17.7 Å². The first-order valence-electron chi connectivity index (χ1n) is 5.68. The molecule has 1 amide bonds. The number of carbonyl (C=O) groups is 1. The smallest absolute Gasteiger partial charge is 0.258 e. The molecule has 1 aromatic carbocycles. The van der Waals surface area contributed by atoms with Crippen molar-refractivity contribution in [2.24, 2.45) is 0 Å². The molecule has 100 valence electrons. The molecule has 0 bridgehead atoms. The minimum Gasteiger partial charge on any atom is -0.384 e. The van der Waals surface area contributed by atoms with Gasteiger partial charge in [-0.25, -0.2) is 14.4 Å². The molecule has 2 rings (SSSR count). The van der Waals surface area contributed by atoms with Gasteiger partial charge in [-0.15, -0.1) is 0 Å². The Hall–Kier alpha value is -2.78. The van der Waals surface area contributed by atoms with Crippen molar-refractivity contribution in [2.75, 3.05) is 11.9 Å². The van der Waals surface area contributed by atoms with E-state index in [0.29, 0.717) is 0 Å². The number of aromatic nitrogens is 2. The maximum Gasteiger partial charge on any atom is 0.258 e. The second kappa shape index (κ2) is 6.41. The van der Waals surface area contributed by atoms with Crippen molar-refractivity contribution in [1.29, 1.82) is 0 Å². The fourth-order valence-corrected chi connectivity index (χ4v) is 1.43. The standard InChI is InChI=1S/C14H10FN3O2/c15-12-9-11(5-4-10(12)3-1-8-19)13(20)18-14-16-6-2-7-17-14/h2,4-7,9,19H,8H2,(H,16,17,18,20). The number of aliphatic hydroxyl groups excluding tert-OH is 1. The highest BCUT2D eigenvalue weighted by molar-refractivity contribution is 6.03. The lowest BCUT2D eigenvalue weighted by Gasteiger charge is -2.03. The molecule has 0 radical (unpaired) electrons. The zero-order valence-corrected chi connectivity index (χ0v) is 10.3. The first kappa shape index (κ1) is 13.6. The fraction of sp³-hybridized carbons (Fsp3) is 0.0714. The normalized spacial score (nSPS) is 9.50. The molecule has 0 aliphatic carbocycles. The topological polar surface area (TPSA) is 75.1 Å². The van der Waals surface area contributed by atoms with E-state index in [2.05, 4.69) is 27.1 Å². The molecule has 0 saturated heterocycles. The van der Waals surface area contributed by atoms with Crippen LogP contribution in [0.2, 0.25) is 0 Å². The largest absolute Gasteiger partial charge is 0.384 e. The van der Waals surface area contributed by atoms with Gasteiger partial charge in [0.05, 0.1) is 5.56 Å². The Bertz CT molecular complexity index is 678. The molecule has 0 atom stereocenters. The molecular formula is C14H10FN3O2. The van der Waals surface area contributed by atoms with Crippen molar-refractivity contribution in [3.63, 3.8) is 0 Å². The zero-order chi connectivity index (χ0) is 14.4. The number of benzene rings is 1. The summed E-state index contributed by atoms with van der Waals surface area (Å²) in [6.45, 7) is -0.354. The highest BCUT2D eigenvalue weighted by atomic mass is 19.1. The summed E-state index contributed by atoms with van der Waals surface area (Å²) in [5.41, 5.74) is 0.246. The molecule has 0 aliphatic rings. The zero-order valence-electron chi connectivity index (χ0n) is 10.3. The quantitative estimate of drug-likeness (QED) is 0.805. The molecule has 0 fully saturated rings. The Morgan fingerprint density at radius 1 is 1.35 bits per heavy atom. The molecule has 2 N–H and O–H groups in total. The molecule has 2 aromatic rings. The molecule has 1 aromatic heterocycles. The molecule has 0 saturated carbocycles. The van der Waals surface area contributed by atoms with Crippen LogP contribution in [-0.4, -0.2) is 27.6 Å². The summed E-state index contributed by atoms with van der Waals surface area (Å²) in [5.74, 6) is 3.78. The highest BCUT2D eigenvalue weighted by Crippen LogP contribution is 2.10. The number of nitrogens with one attached hydrogen (secondary N) is 1. The van der Waals surface area contributed by atoms with E-state index >= 15 is 0 Å². The van der Waals surface area contributed by atoms with Gasteiger partial charge in [-0.3, -0.25) is 10.1 Å². The van der Waals surface area contributed by atoms with Gasteiger partial charge in [0.25, 0.3) is 5.91 Å². The number of anilines is 1. The Labute approximate surface area is 114 Å². The first-order chi connectivity index (χ1) is 9.70. The van der Waals surface area contributed by atoms with E-state index in [4.69, 9.17) is 5.11 Å². The number of hydrogen-bond acceptors (Lipinski definition) is 4. The van der Waals surface area contributed by atoms with Crippen LogP contribution in [0.1, 0.15) is 15.9 Å². The number of nitrogens with zero attached hydrogens (tertiary/aromatic N) is 2. The monoisotopic (exact) mass is 271 g/mol. The van der Waals surface area contributed by atoms with Gasteiger partial charge in [-0.1, -0.05) is 11.8 Å². The maximum absolute atomic E-state index is 13.7. The number of rotatable bonds is 2. The molecule has 5 nitrogen and oxygen atoms in total. The van der Waals surface area contributed by atoms with Crippen molar-refractivity contribution in [3.8, 4) is 11.8 Å². The second-order valence-electron chi connectivity index (χ2n) is 3.68. The Morgan fingerprint density at radius 2 is 2.10 bits per heavy atom. The van der Waals surface area contributed by atoms with E-state index in [1.807, 2.05) is 0 Å². The molecular weight excluding hydrogens is 261 g/mol. The lowest BCUT2D eigenvalue weighted by atomic mass is 10.1. The summed E-state index contributed by atoms with van der Waals surface area (Å²) in [7, 11) is 0. The Kier molecular flexibility index (Phi) is 4.37. The third-order valence-electron chi connectivity index (χ3n) is 2.32. The minimum absolute atomic E-state index is 0.117. The van der Waals surface area contributed by atoms with E-state index in [-0.39, 0.29) is 23.7 Å². The first-order valence-corrected chi connectivity index (χ1v) is 5.68. The van der Waals surface area contributed by atoms with Crippen LogP contribution in [0.15, 0.2) is 36.7 Å². The Morgan fingerprint density at radius 3 is 2.75 bits per heavy atom. The summed E-state index contributed by atoms with van der Waals surface area (Å²) >= 11 is 0. The lowest BCUT2D eigenvalue weighted by Crippen LogP contribution is -2.14. The van der Waals surface area contributed by atoms with Crippen molar-refractivity contribution >= 4 is 11.9 Å². The van der Waals surface area contributed by atoms with Gasteiger partial charge in [0.15, 0.2) is 0 Å². The van der Waals surface area contributed by atoms with Gasteiger partial charge in [0.1, 0.15) is 12.4 Å². The second-order valence-corrected chi connectivity index (χ2v) is 3.68. The summed E-state index contributed by atoms with van der Waals surface area (Å²) in [4.78, 5) is 19.5. The van der Waals surface area contributed by atoms with Gasteiger partial charge in [0.2, 0.25) is 5.95 Å². The van der Waals surface area contributed by atoms with Gasteiger partial charge < -0.3 is 5.11 Å². The van der Waals surface area contributed by atoms with Crippen molar-refractivity contribution in [3.05, 3.63) is 53.6 Å². The molecule has 0 unspecified atom stereocenters. The number of amides is 1. The van der Waals surface area contributed by atoms with E-state index < -0.39 is 11.7 Å². The third-order valence-corrected chi connectivity index (χ3v) is 2.32. The highest BCUT2D eigenvalue weighted by Gasteiger charge is 2.10. The summed E-state index contributed by atoms with van der Waals surface area (Å²) in [5, 5.41) is 11.0. The van der Waals surface area contributed by atoms with Crippen LogP contribution in [0.25, 0.3) is 0 Å². The average molecular weight is 271 g/mol. The van der Waals surface area contributed by atoms with Crippen LogP contribution in [0.5, 0.6) is 0 Å². The van der Waals surface area contributed by atoms with Crippen LogP contribution in [-0.2, 0) is 0 Å². The van der Waals surface area contributed by atoms with Gasteiger partial charge in [0, 0.05) is 18.0 Å². The summed E-state index contributed by atoms with van der Waals surface area (Å²) < 4.78 is 13.7. The van der Waals surface area contributed by atoms with E-state index in [9.17, 15) is 9.18 Å². The van der Waals surface area contributed by atoms with Crippen LogP contribution < -0.4 is 5.32 Å². The van der Waals surface area contributed by atoms with Crippen LogP contribution in [0.3, 0.4) is 0 Å². The average Bonchev–Trinajstić information content (AvgIpc) is 2.47. The van der Waals surface area contributed by atoms with E-state index in [1.54, 1.807) is 6.07 Å². The molecule has 0 spiro atoms. The van der Waals surface area contributed by atoms with Crippen molar-refractivity contribution < 1.29 is 14.3 Å². The molecule has 20 heavy (non-hydrogen) atoms. The molecule has 0 aliphatic heterocycles. The predicted molar refractivity (Wildman–Crippen MR) is 70.3 cm³/mol. The van der Waals surface area contributed by atoms with Crippen LogP contribution in [0.4, 0.5) is 10.3 Å². The number of aliphatic hydroxyl groups is 1. The van der Waals surface area contributed by atoms with Crippen LogP contribution >= 0.6 is 0 Å². The van der Waals surface area contributed by atoms with Gasteiger partial charge in [-0.2, -0.15) is 0 Å². The maximum atomic E-state index is 13.7. The van der Waals surface area contributed by atoms with Gasteiger partial charge in [-0.05, 0) is 24.3 Å². The van der Waals surface area contributed by atoms with E-state index in [1.165, 1.54) is 24.5 Å².